The molecule has 0 spiro atoms. The van der Waals surface area contributed by atoms with E-state index in [4.69, 9.17) is 0 Å². The van der Waals surface area contributed by atoms with E-state index in [1.165, 1.54) is 6.08 Å². The van der Waals surface area contributed by atoms with Gasteiger partial charge in [0, 0.05) is 23.2 Å². The number of phenols is 1. The first-order valence-electron chi connectivity index (χ1n) is 7.66. The predicted octanol–water partition coefficient (Wildman–Crippen LogP) is 3.35. The maximum Gasteiger partial charge on any atom is 0.269 e. The van der Waals surface area contributed by atoms with Gasteiger partial charge in [-0.1, -0.05) is 30.3 Å². The Balaban J connectivity index is 1.62. The molecule has 3 rings (SSSR count). The Morgan fingerprint density at radius 3 is 2.75 bits per heavy atom. The molecule has 122 valence electrons. The van der Waals surface area contributed by atoms with E-state index in [9.17, 15) is 15.1 Å². The number of nitrogens with one attached hydrogen (secondary N) is 1. The first kappa shape index (κ1) is 15.8. The van der Waals surface area contributed by atoms with Gasteiger partial charge in [0.1, 0.15) is 5.75 Å². The monoisotopic (exact) mass is 322 g/mol. The molecule has 24 heavy (non-hydrogen) atoms. The number of amides is 1. The number of carbonyl (C=O) groups is 1. The van der Waals surface area contributed by atoms with Crippen molar-refractivity contribution in [2.75, 3.05) is 6.54 Å². The number of phenolic OH excluding ortho intramolecular Hbond substituents is 1. The molecule has 0 unspecified atom stereocenters. The summed E-state index contributed by atoms with van der Waals surface area (Å²) in [7, 11) is 0. The van der Waals surface area contributed by atoms with Crippen molar-refractivity contribution < 1.29 is 15.1 Å². The fraction of sp³-hybridized carbons (Fsp3) is 0.105. The molecule has 5 nitrogen and oxygen atoms in total. The number of benzene rings is 2. The summed E-state index contributed by atoms with van der Waals surface area (Å²) in [6, 6.07) is 14.5. The Hall–Kier alpha value is -3.05. The maximum atomic E-state index is 11.9. The highest BCUT2D eigenvalue weighted by atomic mass is 16.5. The minimum absolute atomic E-state index is 0.167. The molecule has 0 aliphatic rings. The van der Waals surface area contributed by atoms with Crippen LogP contribution in [0.15, 0.2) is 60.8 Å². The summed E-state index contributed by atoms with van der Waals surface area (Å²) in [4.78, 5) is 15.0. The maximum absolute atomic E-state index is 11.9. The van der Waals surface area contributed by atoms with Gasteiger partial charge in [-0.2, -0.15) is 0 Å². The van der Waals surface area contributed by atoms with Gasteiger partial charge in [-0.3, -0.25) is 10.0 Å². The molecule has 2 aromatic carbocycles. The topological polar surface area (TPSA) is 76.6 Å². The number of nitrogens with zero attached hydrogens (tertiary/aromatic N) is 1. The van der Waals surface area contributed by atoms with Gasteiger partial charge >= 0.3 is 0 Å². The molecule has 0 saturated heterocycles. The zero-order chi connectivity index (χ0) is 16.9. The molecule has 0 aliphatic carbocycles. The van der Waals surface area contributed by atoms with Crippen LogP contribution in [0.4, 0.5) is 0 Å². The number of rotatable bonds is 5. The van der Waals surface area contributed by atoms with E-state index < -0.39 is 5.91 Å². The third-order valence-corrected chi connectivity index (χ3v) is 3.82. The highest BCUT2D eigenvalue weighted by molar-refractivity contribution is 5.91. The van der Waals surface area contributed by atoms with Crippen molar-refractivity contribution >= 4 is 22.9 Å². The zero-order valence-corrected chi connectivity index (χ0v) is 13.0. The molecular weight excluding hydrogens is 304 g/mol. The fourth-order valence-corrected chi connectivity index (χ4v) is 2.53. The Morgan fingerprint density at radius 1 is 1.17 bits per heavy atom. The summed E-state index contributed by atoms with van der Waals surface area (Å²) in [6.07, 6.45) is 5.30. The van der Waals surface area contributed by atoms with E-state index >= 15 is 0 Å². The van der Waals surface area contributed by atoms with Crippen LogP contribution in [0, 0.1) is 0 Å². The van der Waals surface area contributed by atoms with Crippen LogP contribution >= 0.6 is 0 Å². The number of hydroxylamine groups is 2. The predicted molar refractivity (Wildman–Crippen MR) is 92.6 cm³/mol. The van der Waals surface area contributed by atoms with E-state index in [0.717, 1.165) is 22.0 Å². The third-order valence-electron chi connectivity index (χ3n) is 3.82. The van der Waals surface area contributed by atoms with Gasteiger partial charge in [0.25, 0.3) is 5.91 Å². The summed E-state index contributed by atoms with van der Waals surface area (Å²) in [5, 5.41) is 21.1. The Morgan fingerprint density at radius 2 is 1.96 bits per heavy atom. The van der Waals surface area contributed by atoms with Gasteiger partial charge in [0.05, 0.1) is 6.54 Å². The number of aromatic hydroxyl groups is 1. The lowest BCUT2D eigenvalue weighted by molar-refractivity contribution is -0.158. The number of aromatic amines is 1. The summed E-state index contributed by atoms with van der Waals surface area (Å²) in [5.74, 6) is -0.285. The van der Waals surface area contributed by atoms with Gasteiger partial charge in [0.15, 0.2) is 0 Å². The molecule has 5 heteroatoms. The largest absolute Gasteiger partial charge is 0.508 e. The van der Waals surface area contributed by atoms with Crippen LogP contribution in [-0.4, -0.2) is 32.8 Å². The van der Waals surface area contributed by atoms with Crippen LogP contribution in [0.1, 0.15) is 11.1 Å². The fourth-order valence-electron chi connectivity index (χ4n) is 2.53. The Labute approximate surface area is 139 Å². The lowest BCUT2D eigenvalue weighted by Crippen LogP contribution is -2.27. The molecule has 0 bridgehead atoms. The number of hydrogen-bond acceptors (Lipinski definition) is 3. The van der Waals surface area contributed by atoms with Crippen LogP contribution in [0.5, 0.6) is 5.75 Å². The number of H-pyrrole nitrogens is 1. The van der Waals surface area contributed by atoms with Gasteiger partial charge in [0.2, 0.25) is 0 Å². The average Bonchev–Trinajstić information content (AvgIpc) is 3.00. The average molecular weight is 322 g/mol. The number of carbonyl (C=O) groups excluding carboxylic acids is 1. The smallest absolute Gasteiger partial charge is 0.269 e. The minimum Gasteiger partial charge on any atom is -0.508 e. The van der Waals surface area contributed by atoms with Gasteiger partial charge in [-0.05, 0) is 41.8 Å². The van der Waals surface area contributed by atoms with Crippen molar-refractivity contribution in [1.29, 1.82) is 0 Å². The second-order valence-electron chi connectivity index (χ2n) is 5.50. The van der Waals surface area contributed by atoms with E-state index in [0.29, 0.717) is 11.5 Å². The van der Waals surface area contributed by atoms with Crippen LogP contribution in [-0.2, 0) is 11.2 Å². The van der Waals surface area contributed by atoms with Gasteiger partial charge < -0.3 is 10.1 Å². The first-order chi connectivity index (χ1) is 11.6. The standard InChI is InChI=1S/C19H18N2O3/c22-16-7-8-18-17(12-16)15(13-20-18)10-11-21(24)19(23)9-6-14-4-2-1-3-5-14/h1-9,12-13,20,22,24H,10-11H2. The Bertz CT molecular complexity index is 869. The lowest BCUT2D eigenvalue weighted by atomic mass is 10.1. The van der Waals surface area contributed by atoms with Crippen molar-refractivity contribution in [1.82, 2.24) is 10.0 Å². The molecule has 3 aromatic rings. The molecule has 1 aromatic heterocycles. The van der Waals surface area contributed by atoms with Crippen molar-refractivity contribution in [3.63, 3.8) is 0 Å². The highest BCUT2D eigenvalue weighted by Gasteiger charge is 2.10. The first-order valence-corrected chi connectivity index (χ1v) is 7.66. The molecule has 0 fully saturated rings. The summed E-state index contributed by atoms with van der Waals surface area (Å²) in [5.41, 5.74) is 2.73. The molecular formula is C19H18N2O3. The minimum atomic E-state index is -0.471. The van der Waals surface area contributed by atoms with E-state index in [-0.39, 0.29) is 12.3 Å². The van der Waals surface area contributed by atoms with Crippen LogP contribution < -0.4 is 0 Å². The van der Waals surface area contributed by atoms with Crippen molar-refractivity contribution in [2.24, 2.45) is 0 Å². The molecule has 0 radical (unpaired) electrons. The second kappa shape index (κ2) is 7.02. The zero-order valence-electron chi connectivity index (χ0n) is 13.0. The molecule has 0 aliphatic heterocycles. The summed E-state index contributed by atoms with van der Waals surface area (Å²) >= 11 is 0. The SMILES string of the molecule is O=C(C=Cc1ccccc1)N(O)CCc1c[nH]c2ccc(O)cc12. The number of aromatic nitrogens is 1. The second-order valence-corrected chi connectivity index (χ2v) is 5.50. The van der Waals surface area contributed by atoms with Gasteiger partial charge in [-0.25, -0.2) is 5.06 Å². The quantitative estimate of drug-likeness (QED) is 0.383. The molecule has 0 atom stereocenters. The summed E-state index contributed by atoms with van der Waals surface area (Å²) < 4.78 is 0. The molecule has 1 amide bonds. The van der Waals surface area contributed by atoms with E-state index in [2.05, 4.69) is 4.98 Å². The van der Waals surface area contributed by atoms with Crippen molar-refractivity contribution in [2.45, 2.75) is 6.42 Å². The summed E-state index contributed by atoms with van der Waals surface area (Å²) in [6.45, 7) is 0.167. The molecule has 3 N–H and O–H groups in total. The van der Waals surface area contributed by atoms with Crippen molar-refractivity contribution in [3.05, 3.63) is 71.9 Å². The highest BCUT2D eigenvalue weighted by Crippen LogP contribution is 2.23. The molecule has 0 saturated carbocycles. The lowest BCUT2D eigenvalue weighted by Gasteiger charge is -2.12. The van der Waals surface area contributed by atoms with Crippen molar-refractivity contribution in [3.8, 4) is 5.75 Å². The van der Waals surface area contributed by atoms with Crippen LogP contribution in [0.25, 0.3) is 17.0 Å². The van der Waals surface area contributed by atoms with Crippen LogP contribution in [0.2, 0.25) is 0 Å². The van der Waals surface area contributed by atoms with Gasteiger partial charge in [-0.15, -0.1) is 0 Å². The number of fused-ring (bicyclic) bond motifs is 1. The van der Waals surface area contributed by atoms with E-state index in [1.54, 1.807) is 24.3 Å². The Kier molecular flexibility index (Phi) is 4.63. The third kappa shape index (κ3) is 3.64. The normalized spacial score (nSPS) is 11.2. The van der Waals surface area contributed by atoms with Crippen LogP contribution in [0.3, 0.4) is 0 Å². The number of hydrogen-bond donors (Lipinski definition) is 3. The van der Waals surface area contributed by atoms with E-state index in [1.807, 2.05) is 36.5 Å². The molecule has 1 heterocycles.